The summed E-state index contributed by atoms with van der Waals surface area (Å²) in [6, 6.07) is 0.468. The van der Waals surface area contributed by atoms with E-state index in [1.165, 1.54) is 12.8 Å². The lowest BCUT2D eigenvalue weighted by molar-refractivity contribution is -0.141. The van der Waals surface area contributed by atoms with Gasteiger partial charge in [0.25, 0.3) is 0 Å². The van der Waals surface area contributed by atoms with E-state index in [1.54, 1.807) is 0 Å². The minimum Gasteiger partial charge on any atom is -0.366 e. The molecule has 4 heteroatoms. The van der Waals surface area contributed by atoms with E-state index < -0.39 is 0 Å². The topological polar surface area (TPSA) is 41.6 Å². The van der Waals surface area contributed by atoms with Crippen LogP contribution in [0.3, 0.4) is 0 Å². The Hall–Kier alpha value is -0.610. The first-order valence-electron chi connectivity index (χ1n) is 7.07. The van der Waals surface area contributed by atoms with Crippen molar-refractivity contribution in [2.75, 3.05) is 26.2 Å². The molecular formula is C14H28N2O2. The Kier molecular flexibility index (Phi) is 6.09. The number of nitrogens with zero attached hydrogens (tertiary/aromatic N) is 1. The van der Waals surface area contributed by atoms with Crippen LogP contribution in [0.2, 0.25) is 0 Å². The van der Waals surface area contributed by atoms with Gasteiger partial charge in [0.15, 0.2) is 0 Å². The molecule has 1 unspecified atom stereocenters. The zero-order valence-corrected chi connectivity index (χ0v) is 12.3. The second kappa shape index (κ2) is 7.10. The van der Waals surface area contributed by atoms with Crippen LogP contribution in [0.25, 0.3) is 0 Å². The van der Waals surface area contributed by atoms with Crippen LogP contribution in [0.15, 0.2) is 0 Å². The van der Waals surface area contributed by atoms with Gasteiger partial charge < -0.3 is 15.0 Å². The van der Waals surface area contributed by atoms with Gasteiger partial charge in [0, 0.05) is 19.1 Å². The summed E-state index contributed by atoms with van der Waals surface area (Å²) in [6.45, 7) is 10.9. The predicted molar refractivity (Wildman–Crippen MR) is 73.6 cm³/mol. The van der Waals surface area contributed by atoms with Crippen LogP contribution in [-0.4, -0.2) is 48.7 Å². The molecule has 1 aliphatic heterocycles. The number of nitrogens with one attached hydrogen (secondary N) is 1. The second-order valence-corrected chi connectivity index (χ2v) is 6.03. The SMILES string of the molecule is CCCN(CC1CCCN1)C(=O)COC(C)(C)C. The van der Waals surface area contributed by atoms with E-state index in [1.807, 2.05) is 25.7 Å². The molecular weight excluding hydrogens is 228 g/mol. The molecule has 1 rings (SSSR count). The van der Waals surface area contributed by atoms with Gasteiger partial charge in [-0.05, 0) is 46.6 Å². The van der Waals surface area contributed by atoms with Gasteiger partial charge in [-0.3, -0.25) is 4.79 Å². The molecule has 0 radical (unpaired) electrons. The molecule has 1 amide bonds. The Bertz CT molecular complexity index is 255. The van der Waals surface area contributed by atoms with Crippen molar-refractivity contribution in [1.29, 1.82) is 0 Å². The van der Waals surface area contributed by atoms with Gasteiger partial charge in [0.05, 0.1) is 5.60 Å². The number of hydrogen-bond acceptors (Lipinski definition) is 3. The van der Waals surface area contributed by atoms with Gasteiger partial charge in [-0.1, -0.05) is 6.92 Å². The minimum absolute atomic E-state index is 0.112. The van der Waals surface area contributed by atoms with Gasteiger partial charge in [0.2, 0.25) is 5.91 Å². The molecule has 4 nitrogen and oxygen atoms in total. The van der Waals surface area contributed by atoms with Gasteiger partial charge in [0.1, 0.15) is 6.61 Å². The number of ether oxygens (including phenoxy) is 1. The normalized spacial score (nSPS) is 20.1. The molecule has 1 heterocycles. The van der Waals surface area contributed by atoms with Crippen molar-refractivity contribution in [3.63, 3.8) is 0 Å². The third-order valence-electron chi connectivity index (χ3n) is 3.08. The zero-order valence-electron chi connectivity index (χ0n) is 12.3. The average molecular weight is 256 g/mol. The highest BCUT2D eigenvalue weighted by atomic mass is 16.5. The lowest BCUT2D eigenvalue weighted by atomic mass is 10.2. The molecule has 0 bridgehead atoms. The van der Waals surface area contributed by atoms with Gasteiger partial charge in [-0.2, -0.15) is 0 Å². The number of carbonyl (C=O) groups is 1. The van der Waals surface area contributed by atoms with Crippen molar-refractivity contribution in [3.8, 4) is 0 Å². The van der Waals surface area contributed by atoms with E-state index in [2.05, 4.69) is 12.2 Å². The van der Waals surface area contributed by atoms with Crippen molar-refractivity contribution in [1.82, 2.24) is 10.2 Å². The maximum absolute atomic E-state index is 12.1. The molecule has 1 saturated heterocycles. The predicted octanol–water partition coefficient (Wildman–Crippen LogP) is 1.79. The molecule has 1 aliphatic rings. The van der Waals surface area contributed by atoms with Gasteiger partial charge in [-0.25, -0.2) is 0 Å². The van der Waals surface area contributed by atoms with Crippen LogP contribution in [0.5, 0.6) is 0 Å². The third kappa shape index (κ3) is 5.83. The minimum atomic E-state index is -0.251. The number of rotatable bonds is 6. The molecule has 18 heavy (non-hydrogen) atoms. The maximum atomic E-state index is 12.1. The van der Waals surface area contributed by atoms with Gasteiger partial charge in [-0.15, -0.1) is 0 Å². The van der Waals surface area contributed by atoms with Crippen LogP contribution < -0.4 is 5.32 Å². The van der Waals surface area contributed by atoms with Crippen molar-refractivity contribution < 1.29 is 9.53 Å². The van der Waals surface area contributed by atoms with Gasteiger partial charge >= 0.3 is 0 Å². The van der Waals surface area contributed by atoms with Crippen molar-refractivity contribution in [3.05, 3.63) is 0 Å². The Morgan fingerprint density at radius 1 is 1.44 bits per heavy atom. The van der Waals surface area contributed by atoms with E-state index in [0.717, 1.165) is 26.1 Å². The van der Waals surface area contributed by atoms with E-state index in [-0.39, 0.29) is 18.1 Å². The Morgan fingerprint density at radius 3 is 2.67 bits per heavy atom. The number of carbonyl (C=O) groups excluding carboxylic acids is 1. The van der Waals surface area contributed by atoms with Crippen LogP contribution in [-0.2, 0) is 9.53 Å². The molecule has 0 saturated carbocycles. The van der Waals surface area contributed by atoms with Crippen LogP contribution in [0, 0.1) is 0 Å². The molecule has 0 aromatic carbocycles. The first-order valence-corrected chi connectivity index (χ1v) is 7.07. The van der Waals surface area contributed by atoms with Crippen LogP contribution in [0.4, 0.5) is 0 Å². The largest absolute Gasteiger partial charge is 0.366 e. The summed E-state index contributed by atoms with van der Waals surface area (Å²) in [7, 11) is 0. The summed E-state index contributed by atoms with van der Waals surface area (Å²) in [5, 5.41) is 3.44. The van der Waals surface area contributed by atoms with Crippen LogP contribution >= 0.6 is 0 Å². The monoisotopic (exact) mass is 256 g/mol. The maximum Gasteiger partial charge on any atom is 0.248 e. The molecule has 1 N–H and O–H groups in total. The highest BCUT2D eigenvalue weighted by molar-refractivity contribution is 5.77. The molecule has 106 valence electrons. The summed E-state index contributed by atoms with van der Waals surface area (Å²) in [4.78, 5) is 14.1. The summed E-state index contributed by atoms with van der Waals surface area (Å²) < 4.78 is 5.57. The van der Waals surface area contributed by atoms with E-state index in [4.69, 9.17) is 4.74 Å². The number of amides is 1. The highest BCUT2D eigenvalue weighted by Gasteiger charge is 2.22. The van der Waals surface area contributed by atoms with Crippen molar-refractivity contribution >= 4 is 5.91 Å². The summed E-state index contributed by atoms with van der Waals surface area (Å²) in [5.41, 5.74) is -0.251. The average Bonchev–Trinajstić information content (AvgIpc) is 2.77. The second-order valence-electron chi connectivity index (χ2n) is 6.03. The summed E-state index contributed by atoms with van der Waals surface area (Å²) in [6.07, 6.45) is 3.39. The molecule has 1 fully saturated rings. The molecule has 0 aromatic heterocycles. The zero-order chi connectivity index (χ0) is 13.6. The van der Waals surface area contributed by atoms with E-state index >= 15 is 0 Å². The standard InChI is InChI=1S/C14H28N2O2/c1-5-9-16(10-12-7-6-8-15-12)13(17)11-18-14(2,3)4/h12,15H,5-11H2,1-4H3. The smallest absolute Gasteiger partial charge is 0.248 e. The molecule has 0 aromatic rings. The fourth-order valence-electron chi connectivity index (χ4n) is 2.14. The highest BCUT2D eigenvalue weighted by Crippen LogP contribution is 2.10. The first-order chi connectivity index (χ1) is 8.42. The number of hydrogen-bond donors (Lipinski definition) is 1. The molecule has 0 spiro atoms. The lowest BCUT2D eigenvalue weighted by Crippen LogP contribution is -2.43. The van der Waals surface area contributed by atoms with E-state index in [9.17, 15) is 4.79 Å². The first kappa shape index (κ1) is 15.4. The Balaban J connectivity index is 2.41. The van der Waals surface area contributed by atoms with Crippen LogP contribution in [0.1, 0.15) is 47.0 Å². The Labute approximate surface area is 111 Å². The summed E-state index contributed by atoms with van der Waals surface area (Å²) >= 11 is 0. The van der Waals surface area contributed by atoms with Crippen molar-refractivity contribution in [2.24, 2.45) is 0 Å². The van der Waals surface area contributed by atoms with Crippen molar-refractivity contribution in [2.45, 2.75) is 58.6 Å². The summed E-state index contributed by atoms with van der Waals surface area (Å²) in [5.74, 6) is 0.112. The fraction of sp³-hybridized carbons (Fsp3) is 0.929. The molecule has 1 atom stereocenters. The third-order valence-corrected chi connectivity index (χ3v) is 3.08. The lowest BCUT2D eigenvalue weighted by Gasteiger charge is -2.27. The quantitative estimate of drug-likeness (QED) is 0.788. The van der Waals surface area contributed by atoms with E-state index in [0.29, 0.717) is 6.04 Å². The Morgan fingerprint density at radius 2 is 2.17 bits per heavy atom. The fourth-order valence-corrected chi connectivity index (χ4v) is 2.14. The molecule has 0 aliphatic carbocycles.